The van der Waals surface area contributed by atoms with Crippen LogP contribution in [-0.4, -0.2) is 53.0 Å². The van der Waals surface area contributed by atoms with Gasteiger partial charge < -0.3 is 10.0 Å². The Balaban J connectivity index is 1.67. The molecule has 0 bridgehead atoms. The highest BCUT2D eigenvalue weighted by Crippen LogP contribution is 2.27. The zero-order valence-corrected chi connectivity index (χ0v) is 17.2. The minimum absolute atomic E-state index is 0.0661. The number of amides is 1. The first-order valence-electron chi connectivity index (χ1n) is 9.11. The van der Waals surface area contributed by atoms with E-state index in [4.69, 9.17) is 5.11 Å². The summed E-state index contributed by atoms with van der Waals surface area (Å²) in [5.41, 5.74) is 1.88. The van der Waals surface area contributed by atoms with Crippen molar-refractivity contribution in [1.82, 2.24) is 9.80 Å². The van der Waals surface area contributed by atoms with Gasteiger partial charge in [-0.1, -0.05) is 42.5 Å². The van der Waals surface area contributed by atoms with E-state index >= 15 is 0 Å². The van der Waals surface area contributed by atoms with Crippen LogP contribution >= 0.6 is 22.6 Å². The van der Waals surface area contributed by atoms with Crippen LogP contribution in [0.5, 0.6) is 0 Å². The molecule has 1 amide bonds. The van der Waals surface area contributed by atoms with Gasteiger partial charge in [-0.2, -0.15) is 0 Å². The second kappa shape index (κ2) is 9.32. The molecule has 5 nitrogen and oxygen atoms in total. The van der Waals surface area contributed by atoms with Gasteiger partial charge in [-0.25, -0.2) is 0 Å². The number of nitrogens with zero attached hydrogens (tertiary/aromatic N) is 2. The summed E-state index contributed by atoms with van der Waals surface area (Å²) in [5, 5.41) is 9.10. The molecular weight excluding hydrogens is 455 g/mol. The number of halogens is 1. The second-order valence-electron chi connectivity index (χ2n) is 6.67. The summed E-state index contributed by atoms with van der Waals surface area (Å²) in [4.78, 5) is 28.1. The maximum atomic E-state index is 12.8. The van der Waals surface area contributed by atoms with Crippen LogP contribution < -0.4 is 0 Å². The predicted molar refractivity (Wildman–Crippen MR) is 113 cm³/mol. The van der Waals surface area contributed by atoms with Crippen LogP contribution in [0.2, 0.25) is 0 Å². The Morgan fingerprint density at radius 3 is 2.22 bits per heavy atom. The third kappa shape index (κ3) is 5.07. The zero-order chi connectivity index (χ0) is 19.2. The van der Waals surface area contributed by atoms with Gasteiger partial charge in [0.25, 0.3) is 5.91 Å². The molecule has 0 unspecified atom stereocenters. The van der Waals surface area contributed by atoms with Crippen LogP contribution in [-0.2, 0) is 4.79 Å². The van der Waals surface area contributed by atoms with Gasteiger partial charge in [0.2, 0.25) is 0 Å². The molecule has 0 aromatic heterocycles. The van der Waals surface area contributed by atoms with Crippen LogP contribution in [0.4, 0.5) is 0 Å². The molecule has 1 heterocycles. The number of piperazine rings is 1. The minimum Gasteiger partial charge on any atom is -0.481 e. The minimum atomic E-state index is -0.775. The van der Waals surface area contributed by atoms with E-state index < -0.39 is 5.97 Å². The quantitative estimate of drug-likeness (QED) is 0.645. The third-order valence-corrected chi connectivity index (χ3v) is 5.90. The van der Waals surface area contributed by atoms with Crippen molar-refractivity contribution >= 4 is 34.5 Å². The van der Waals surface area contributed by atoms with Crippen molar-refractivity contribution in [1.29, 1.82) is 0 Å². The number of benzene rings is 2. The number of carboxylic acid groups (broad SMARTS) is 1. The summed E-state index contributed by atoms with van der Waals surface area (Å²) < 4.78 is 0.964. The highest BCUT2D eigenvalue weighted by Gasteiger charge is 2.28. The second-order valence-corrected chi connectivity index (χ2v) is 7.83. The highest BCUT2D eigenvalue weighted by molar-refractivity contribution is 14.1. The lowest BCUT2D eigenvalue weighted by Gasteiger charge is -2.39. The van der Waals surface area contributed by atoms with Gasteiger partial charge in [-0.15, -0.1) is 0 Å². The fourth-order valence-electron chi connectivity index (χ4n) is 3.54. The van der Waals surface area contributed by atoms with Gasteiger partial charge in [0, 0.05) is 42.2 Å². The molecular formula is C21H23IN2O3. The molecule has 2 aromatic carbocycles. The number of carboxylic acids is 1. The van der Waals surface area contributed by atoms with E-state index in [1.807, 2.05) is 47.4 Å². The first-order chi connectivity index (χ1) is 13.1. The molecule has 1 fully saturated rings. The van der Waals surface area contributed by atoms with Crippen molar-refractivity contribution in [3.05, 3.63) is 69.3 Å². The van der Waals surface area contributed by atoms with Crippen LogP contribution in [0, 0.1) is 3.57 Å². The zero-order valence-electron chi connectivity index (χ0n) is 15.1. The molecule has 6 heteroatoms. The van der Waals surface area contributed by atoms with E-state index in [0.717, 1.165) is 27.8 Å². The number of carbonyl (C=O) groups excluding carboxylic acids is 1. The van der Waals surface area contributed by atoms with Gasteiger partial charge in [0.1, 0.15) is 0 Å². The number of carbonyl (C=O) groups is 2. The van der Waals surface area contributed by atoms with Gasteiger partial charge in [-0.3, -0.25) is 14.5 Å². The van der Waals surface area contributed by atoms with Gasteiger partial charge in [0.05, 0.1) is 5.56 Å². The van der Waals surface area contributed by atoms with Gasteiger partial charge in [0.15, 0.2) is 0 Å². The lowest BCUT2D eigenvalue weighted by atomic mass is 9.99. The molecule has 2 aromatic rings. The van der Waals surface area contributed by atoms with E-state index in [1.165, 1.54) is 0 Å². The standard InChI is InChI=1S/C21H23IN2O3/c22-18-9-5-4-8-17(18)21(27)24-14-12-23(13-15-24)19(10-11-20(25)26)16-6-2-1-3-7-16/h1-9,19H,10-15H2,(H,25,26)/t19-/m1/s1. The van der Waals surface area contributed by atoms with E-state index in [-0.39, 0.29) is 18.4 Å². The smallest absolute Gasteiger partial charge is 0.303 e. The van der Waals surface area contributed by atoms with Gasteiger partial charge in [-0.05, 0) is 46.7 Å². The van der Waals surface area contributed by atoms with Crippen LogP contribution in [0.3, 0.4) is 0 Å². The summed E-state index contributed by atoms with van der Waals surface area (Å²) in [6.45, 7) is 2.79. The predicted octanol–water partition coefficient (Wildman–Crippen LogP) is 3.66. The van der Waals surface area contributed by atoms with E-state index in [0.29, 0.717) is 19.5 Å². The van der Waals surface area contributed by atoms with Crippen LogP contribution in [0.25, 0.3) is 0 Å². The molecule has 1 aliphatic rings. The average molecular weight is 478 g/mol. The Morgan fingerprint density at radius 2 is 1.59 bits per heavy atom. The maximum Gasteiger partial charge on any atom is 0.303 e. The van der Waals surface area contributed by atoms with Crippen molar-refractivity contribution < 1.29 is 14.7 Å². The number of hydrogen-bond acceptors (Lipinski definition) is 3. The molecule has 1 atom stereocenters. The molecule has 0 spiro atoms. The molecule has 0 saturated carbocycles. The fourth-order valence-corrected chi connectivity index (χ4v) is 4.16. The van der Waals surface area contributed by atoms with Crippen molar-refractivity contribution in [3.63, 3.8) is 0 Å². The summed E-state index contributed by atoms with van der Waals surface area (Å²) in [6.07, 6.45) is 0.713. The Morgan fingerprint density at radius 1 is 0.963 bits per heavy atom. The molecule has 1 N–H and O–H groups in total. The van der Waals surface area contributed by atoms with Crippen LogP contribution in [0.15, 0.2) is 54.6 Å². The largest absolute Gasteiger partial charge is 0.481 e. The highest BCUT2D eigenvalue weighted by atomic mass is 127. The lowest BCUT2D eigenvalue weighted by Crippen LogP contribution is -2.49. The number of aliphatic carboxylic acids is 1. The Hall–Kier alpha value is -1.93. The summed E-state index contributed by atoms with van der Waals surface area (Å²) in [5.74, 6) is -0.704. The van der Waals surface area contributed by atoms with Crippen molar-refractivity contribution in [2.45, 2.75) is 18.9 Å². The normalized spacial score (nSPS) is 16.1. The average Bonchev–Trinajstić information content (AvgIpc) is 2.69. The maximum absolute atomic E-state index is 12.8. The monoisotopic (exact) mass is 478 g/mol. The van der Waals surface area contributed by atoms with Gasteiger partial charge >= 0.3 is 5.97 Å². The molecule has 0 aliphatic carbocycles. The van der Waals surface area contributed by atoms with E-state index in [2.05, 4.69) is 39.6 Å². The summed E-state index contributed by atoms with van der Waals surface area (Å²) in [6, 6.07) is 17.8. The molecule has 27 heavy (non-hydrogen) atoms. The molecule has 3 rings (SSSR count). The first kappa shape index (κ1) is 19.8. The molecule has 1 saturated heterocycles. The molecule has 142 valence electrons. The van der Waals surface area contributed by atoms with E-state index in [1.54, 1.807) is 0 Å². The molecule has 1 aliphatic heterocycles. The fraction of sp³-hybridized carbons (Fsp3) is 0.333. The SMILES string of the molecule is O=C(O)CC[C@H](c1ccccc1)N1CCN(C(=O)c2ccccc2I)CC1. The number of hydrogen-bond donors (Lipinski definition) is 1. The Kier molecular flexibility index (Phi) is 6.84. The van der Waals surface area contributed by atoms with Crippen LogP contribution in [0.1, 0.15) is 34.8 Å². The van der Waals surface area contributed by atoms with E-state index in [9.17, 15) is 9.59 Å². The first-order valence-corrected chi connectivity index (χ1v) is 10.2. The topological polar surface area (TPSA) is 60.9 Å². The summed E-state index contributed by atoms with van der Waals surface area (Å²) >= 11 is 2.20. The Bertz CT molecular complexity index is 789. The van der Waals surface area contributed by atoms with Crippen molar-refractivity contribution in [3.8, 4) is 0 Å². The van der Waals surface area contributed by atoms with Crippen molar-refractivity contribution in [2.24, 2.45) is 0 Å². The van der Waals surface area contributed by atoms with Crippen molar-refractivity contribution in [2.75, 3.05) is 26.2 Å². The lowest BCUT2D eigenvalue weighted by molar-refractivity contribution is -0.137. The summed E-state index contributed by atoms with van der Waals surface area (Å²) in [7, 11) is 0. The Labute approximate surface area is 173 Å². The third-order valence-electron chi connectivity index (χ3n) is 4.96. The molecule has 0 radical (unpaired) electrons. The number of rotatable bonds is 6.